The third kappa shape index (κ3) is 5.15. The molecule has 3 heterocycles. The van der Waals surface area contributed by atoms with Crippen LogP contribution < -0.4 is 0 Å². The molecular formula is C24H30FN3O3. The summed E-state index contributed by atoms with van der Waals surface area (Å²) in [6.45, 7) is 7.22. The largest absolute Gasteiger partial charge is 0.444 e. The molecule has 0 radical (unpaired) electrons. The van der Waals surface area contributed by atoms with Crippen molar-refractivity contribution < 1.29 is 18.7 Å². The Labute approximate surface area is 182 Å². The van der Waals surface area contributed by atoms with Crippen molar-refractivity contribution in [3.05, 3.63) is 48.0 Å². The van der Waals surface area contributed by atoms with Gasteiger partial charge in [0.05, 0.1) is 6.20 Å². The average Bonchev–Trinajstić information content (AvgIpc) is 3.24. The highest BCUT2D eigenvalue weighted by Crippen LogP contribution is 2.30. The molecule has 2 aliphatic rings. The molecule has 4 rings (SSSR count). The number of carbonyl (C=O) groups excluding carboxylic acids is 1. The van der Waals surface area contributed by atoms with E-state index in [0.29, 0.717) is 25.1 Å². The number of aromatic nitrogens is 2. The van der Waals surface area contributed by atoms with Gasteiger partial charge in [-0.1, -0.05) is 18.2 Å². The van der Waals surface area contributed by atoms with Crippen LogP contribution in [0.5, 0.6) is 0 Å². The smallest absolute Gasteiger partial charge is 0.410 e. The maximum Gasteiger partial charge on any atom is 0.410 e. The number of rotatable bonds is 3. The molecule has 6 nitrogen and oxygen atoms in total. The maximum absolute atomic E-state index is 15.0. The van der Waals surface area contributed by atoms with Crippen LogP contribution >= 0.6 is 0 Å². The van der Waals surface area contributed by atoms with Crippen LogP contribution in [0.25, 0.3) is 16.7 Å². The van der Waals surface area contributed by atoms with E-state index in [9.17, 15) is 9.18 Å². The van der Waals surface area contributed by atoms with Gasteiger partial charge in [0.2, 0.25) is 0 Å². The molecule has 0 N–H and O–H groups in total. The minimum Gasteiger partial charge on any atom is -0.444 e. The predicted molar refractivity (Wildman–Crippen MR) is 117 cm³/mol. The van der Waals surface area contributed by atoms with Gasteiger partial charge in [0.1, 0.15) is 17.6 Å². The second kappa shape index (κ2) is 8.83. The van der Waals surface area contributed by atoms with E-state index in [1.54, 1.807) is 17.2 Å². The normalized spacial score (nSPS) is 19.8. The molecule has 0 bridgehead atoms. The molecule has 0 aliphatic carbocycles. The van der Waals surface area contributed by atoms with Crippen molar-refractivity contribution in [1.29, 1.82) is 0 Å². The van der Waals surface area contributed by atoms with Gasteiger partial charge in [-0.3, -0.25) is 0 Å². The SMILES string of the molecule is CC(C)(C)OC(=O)N1CC=C(c2ccc(-c3cnn(C4CCCCO4)c3)cc2F)CC1. The molecule has 1 amide bonds. The van der Waals surface area contributed by atoms with Crippen LogP contribution in [-0.4, -0.2) is 46.1 Å². The topological polar surface area (TPSA) is 56.6 Å². The zero-order valence-corrected chi connectivity index (χ0v) is 18.4. The van der Waals surface area contributed by atoms with Crippen molar-refractivity contribution in [1.82, 2.24) is 14.7 Å². The van der Waals surface area contributed by atoms with Gasteiger partial charge in [-0.05, 0) is 63.7 Å². The lowest BCUT2D eigenvalue weighted by atomic mass is 9.97. The molecule has 1 atom stereocenters. The third-order valence-electron chi connectivity index (χ3n) is 5.56. The number of ether oxygens (including phenoxy) is 2. The van der Waals surface area contributed by atoms with Gasteiger partial charge in [-0.2, -0.15) is 5.10 Å². The van der Waals surface area contributed by atoms with Crippen LogP contribution in [0.4, 0.5) is 9.18 Å². The van der Waals surface area contributed by atoms with E-state index in [2.05, 4.69) is 5.10 Å². The second-order valence-electron chi connectivity index (χ2n) is 9.13. The zero-order valence-electron chi connectivity index (χ0n) is 18.4. The summed E-state index contributed by atoms with van der Waals surface area (Å²) in [6.07, 6.45) is 8.96. The fourth-order valence-electron chi connectivity index (χ4n) is 3.94. The van der Waals surface area contributed by atoms with Crippen LogP contribution in [0, 0.1) is 5.82 Å². The highest BCUT2D eigenvalue weighted by Gasteiger charge is 2.24. The first kappa shape index (κ1) is 21.6. The summed E-state index contributed by atoms with van der Waals surface area (Å²) in [5.41, 5.74) is 2.62. The Kier molecular flexibility index (Phi) is 6.14. The summed E-state index contributed by atoms with van der Waals surface area (Å²) < 4.78 is 28.0. The Morgan fingerprint density at radius 3 is 2.74 bits per heavy atom. The molecule has 2 aliphatic heterocycles. The average molecular weight is 428 g/mol. The predicted octanol–water partition coefficient (Wildman–Crippen LogP) is 5.41. The molecule has 1 aromatic heterocycles. The van der Waals surface area contributed by atoms with Crippen molar-refractivity contribution in [2.75, 3.05) is 19.7 Å². The van der Waals surface area contributed by atoms with E-state index in [1.807, 2.05) is 49.9 Å². The van der Waals surface area contributed by atoms with Crippen molar-refractivity contribution in [3.8, 4) is 11.1 Å². The number of carbonyl (C=O) groups is 1. The summed E-state index contributed by atoms with van der Waals surface area (Å²) >= 11 is 0. The van der Waals surface area contributed by atoms with Crippen LogP contribution in [-0.2, 0) is 9.47 Å². The van der Waals surface area contributed by atoms with Crippen molar-refractivity contribution in [2.45, 2.75) is 58.3 Å². The van der Waals surface area contributed by atoms with Gasteiger partial charge in [0.25, 0.3) is 0 Å². The lowest BCUT2D eigenvalue weighted by Crippen LogP contribution is -2.39. The first-order chi connectivity index (χ1) is 14.8. The number of nitrogens with zero attached hydrogens (tertiary/aromatic N) is 3. The number of hydrogen-bond acceptors (Lipinski definition) is 4. The number of halogens is 1. The summed E-state index contributed by atoms with van der Waals surface area (Å²) in [5.74, 6) is -0.267. The lowest BCUT2D eigenvalue weighted by Gasteiger charge is -2.29. The first-order valence-electron chi connectivity index (χ1n) is 10.9. The van der Waals surface area contributed by atoms with Crippen LogP contribution in [0.2, 0.25) is 0 Å². The maximum atomic E-state index is 15.0. The Balaban J connectivity index is 1.45. The molecule has 31 heavy (non-hydrogen) atoms. The quantitative estimate of drug-likeness (QED) is 0.657. The summed E-state index contributed by atoms with van der Waals surface area (Å²) in [4.78, 5) is 13.9. The highest BCUT2D eigenvalue weighted by molar-refractivity contribution is 5.74. The van der Waals surface area contributed by atoms with Crippen LogP contribution in [0.1, 0.15) is 58.2 Å². The third-order valence-corrected chi connectivity index (χ3v) is 5.56. The van der Waals surface area contributed by atoms with E-state index in [0.717, 1.165) is 42.6 Å². The first-order valence-corrected chi connectivity index (χ1v) is 10.9. The number of hydrogen-bond donors (Lipinski definition) is 0. The molecule has 0 saturated carbocycles. The van der Waals surface area contributed by atoms with Crippen LogP contribution in [0.15, 0.2) is 36.7 Å². The summed E-state index contributed by atoms with van der Waals surface area (Å²) in [5, 5.41) is 4.42. The Bertz CT molecular complexity index is 971. The highest BCUT2D eigenvalue weighted by atomic mass is 19.1. The van der Waals surface area contributed by atoms with E-state index in [4.69, 9.17) is 9.47 Å². The second-order valence-corrected chi connectivity index (χ2v) is 9.13. The van der Waals surface area contributed by atoms with Gasteiger partial charge in [-0.15, -0.1) is 0 Å². The van der Waals surface area contributed by atoms with Crippen molar-refractivity contribution in [2.24, 2.45) is 0 Å². The molecular weight excluding hydrogens is 397 g/mol. The Morgan fingerprint density at radius 2 is 2.10 bits per heavy atom. The van der Waals surface area contributed by atoms with Gasteiger partial charge >= 0.3 is 6.09 Å². The molecule has 1 unspecified atom stereocenters. The number of benzene rings is 1. The van der Waals surface area contributed by atoms with Gasteiger partial charge in [-0.25, -0.2) is 13.9 Å². The summed E-state index contributed by atoms with van der Waals surface area (Å²) in [6, 6.07) is 5.29. The van der Waals surface area contributed by atoms with E-state index in [-0.39, 0.29) is 18.1 Å². The van der Waals surface area contributed by atoms with Gasteiger partial charge in [0.15, 0.2) is 0 Å². The van der Waals surface area contributed by atoms with Gasteiger partial charge < -0.3 is 14.4 Å². The lowest BCUT2D eigenvalue weighted by molar-refractivity contribution is -0.0394. The summed E-state index contributed by atoms with van der Waals surface area (Å²) in [7, 11) is 0. The molecule has 1 aromatic carbocycles. The molecule has 0 spiro atoms. The van der Waals surface area contributed by atoms with Crippen molar-refractivity contribution in [3.63, 3.8) is 0 Å². The number of amides is 1. The van der Waals surface area contributed by atoms with E-state index in [1.165, 1.54) is 0 Å². The standard InChI is InChI=1S/C24H30FN3O3/c1-24(2,3)31-23(29)27-11-9-17(10-12-27)20-8-7-18(14-21(20)25)19-15-26-28(16-19)22-6-4-5-13-30-22/h7-9,14-16,22H,4-6,10-13H2,1-3H3. The molecule has 166 valence electrons. The molecule has 1 saturated heterocycles. The zero-order chi connectivity index (χ0) is 22.0. The fraction of sp³-hybridized carbons (Fsp3) is 0.500. The van der Waals surface area contributed by atoms with Crippen molar-refractivity contribution >= 4 is 11.7 Å². The fourth-order valence-corrected chi connectivity index (χ4v) is 3.94. The van der Waals surface area contributed by atoms with E-state index < -0.39 is 5.60 Å². The van der Waals surface area contributed by atoms with Gasteiger partial charge in [0, 0.05) is 37.0 Å². The molecule has 2 aromatic rings. The Hall–Kier alpha value is -2.67. The molecule has 7 heteroatoms. The minimum atomic E-state index is -0.528. The molecule has 1 fully saturated rings. The monoisotopic (exact) mass is 427 g/mol. The minimum absolute atomic E-state index is 0.0352. The van der Waals surface area contributed by atoms with Crippen LogP contribution in [0.3, 0.4) is 0 Å². The Morgan fingerprint density at radius 1 is 1.26 bits per heavy atom. The van der Waals surface area contributed by atoms with E-state index >= 15 is 0 Å².